The van der Waals surface area contributed by atoms with Crippen molar-refractivity contribution in [1.82, 2.24) is 4.98 Å². The highest BCUT2D eigenvalue weighted by molar-refractivity contribution is 5.86. The lowest BCUT2D eigenvalue weighted by molar-refractivity contribution is 0.432. The fourth-order valence-electron chi connectivity index (χ4n) is 1.96. The number of halogens is 1. The average Bonchev–Trinajstić information content (AvgIpc) is 2.84. The van der Waals surface area contributed by atoms with Crippen LogP contribution in [0.25, 0.3) is 28.6 Å². The van der Waals surface area contributed by atoms with Gasteiger partial charge < -0.3 is 20.1 Å². The van der Waals surface area contributed by atoms with Gasteiger partial charge >= 0.3 is 0 Å². The maximum Gasteiger partial charge on any atom is 0.227 e. The predicted molar refractivity (Wildman–Crippen MR) is 76.4 cm³/mol. The van der Waals surface area contributed by atoms with E-state index in [9.17, 15) is 14.6 Å². The number of oxazole rings is 1. The van der Waals surface area contributed by atoms with E-state index < -0.39 is 11.6 Å². The zero-order chi connectivity index (χ0) is 14.3. The predicted octanol–water partition coefficient (Wildman–Crippen LogP) is 2.86. The number of fused-ring (bicyclic) bond motifs is 1. The van der Waals surface area contributed by atoms with Gasteiger partial charge in [-0.2, -0.15) is 0 Å². The summed E-state index contributed by atoms with van der Waals surface area (Å²) in [5.41, 5.74) is 1.90. The maximum atomic E-state index is 13.4. The molecule has 3 aromatic rings. The monoisotopic (exact) mass is 289 g/mol. The van der Waals surface area contributed by atoms with Gasteiger partial charge in [0.2, 0.25) is 5.89 Å². The summed E-state index contributed by atoms with van der Waals surface area (Å²) in [4.78, 5) is 4.20. The molecule has 0 bridgehead atoms. The summed E-state index contributed by atoms with van der Waals surface area (Å²) in [6.45, 7) is 3.64. The molecule has 4 N–H and O–H groups in total. The van der Waals surface area contributed by atoms with Crippen LogP contribution in [-0.2, 0) is 0 Å². The van der Waals surface area contributed by atoms with Gasteiger partial charge in [0.1, 0.15) is 11.3 Å². The third-order valence-corrected chi connectivity index (χ3v) is 2.92. The number of phenols is 2. The van der Waals surface area contributed by atoms with Crippen molar-refractivity contribution in [3.63, 3.8) is 0 Å². The fraction of sp³-hybridized carbons (Fsp3) is 0. The van der Waals surface area contributed by atoms with Crippen LogP contribution in [0.4, 0.5) is 4.39 Å². The lowest BCUT2D eigenvalue weighted by Gasteiger charge is -1.97. The zero-order valence-electron chi connectivity index (χ0n) is 10.8. The molecule has 6 heteroatoms. The van der Waals surface area contributed by atoms with E-state index in [1.807, 2.05) is 0 Å². The Balaban J connectivity index is 0.00000161. The average molecular weight is 289 g/mol. The van der Waals surface area contributed by atoms with E-state index in [0.29, 0.717) is 22.2 Å². The molecule has 0 radical (unpaired) electrons. The van der Waals surface area contributed by atoms with Crippen molar-refractivity contribution in [2.24, 2.45) is 0 Å². The number of hydrogen-bond donors (Lipinski definition) is 2. The highest BCUT2D eigenvalue weighted by atomic mass is 19.1. The number of aromatic hydroxyl groups is 2. The molecule has 2 aromatic carbocycles. The molecule has 0 aliphatic rings. The Labute approximate surface area is 118 Å². The number of rotatable bonds is 2. The molecular weight excluding hydrogens is 277 g/mol. The van der Waals surface area contributed by atoms with Gasteiger partial charge in [-0.15, -0.1) is 0 Å². The van der Waals surface area contributed by atoms with Gasteiger partial charge in [-0.05, 0) is 24.3 Å². The van der Waals surface area contributed by atoms with E-state index in [1.54, 1.807) is 0 Å². The van der Waals surface area contributed by atoms with Crippen LogP contribution in [-0.4, -0.2) is 20.7 Å². The number of phenolic OH excluding ortho intramolecular Hbond substituents is 2. The lowest BCUT2D eigenvalue weighted by Crippen LogP contribution is -1.80. The van der Waals surface area contributed by atoms with Gasteiger partial charge in [0.05, 0.1) is 0 Å². The van der Waals surface area contributed by atoms with E-state index in [4.69, 9.17) is 4.42 Å². The molecule has 0 aliphatic carbocycles. The second-order valence-electron chi connectivity index (χ2n) is 4.27. The molecule has 0 saturated heterocycles. The first-order valence-electron chi connectivity index (χ1n) is 5.83. The van der Waals surface area contributed by atoms with E-state index in [0.717, 1.165) is 6.07 Å². The summed E-state index contributed by atoms with van der Waals surface area (Å²) >= 11 is 0. The second kappa shape index (κ2) is 5.26. The molecule has 0 spiro atoms. The summed E-state index contributed by atoms with van der Waals surface area (Å²) in [7, 11) is 0. The van der Waals surface area contributed by atoms with Crippen LogP contribution in [0.1, 0.15) is 5.56 Å². The van der Waals surface area contributed by atoms with Crippen molar-refractivity contribution >= 4 is 17.2 Å². The molecule has 21 heavy (non-hydrogen) atoms. The van der Waals surface area contributed by atoms with Crippen molar-refractivity contribution < 1.29 is 24.5 Å². The van der Waals surface area contributed by atoms with Gasteiger partial charge in [-0.25, -0.2) is 9.37 Å². The molecule has 0 atom stereocenters. The summed E-state index contributed by atoms with van der Waals surface area (Å²) in [6.07, 6.45) is 1.54. The summed E-state index contributed by atoms with van der Waals surface area (Å²) in [5.74, 6) is -0.942. The Morgan fingerprint density at radius 3 is 2.62 bits per heavy atom. The van der Waals surface area contributed by atoms with Crippen LogP contribution in [0.5, 0.6) is 11.5 Å². The van der Waals surface area contributed by atoms with Crippen molar-refractivity contribution in [2.45, 2.75) is 0 Å². The fourth-order valence-corrected chi connectivity index (χ4v) is 1.96. The normalized spacial score (nSPS) is 10.3. The van der Waals surface area contributed by atoms with E-state index >= 15 is 0 Å². The Kier molecular flexibility index (Phi) is 3.64. The van der Waals surface area contributed by atoms with Crippen molar-refractivity contribution in [3.8, 4) is 23.0 Å². The number of aromatic nitrogens is 1. The Bertz CT molecular complexity index is 826. The van der Waals surface area contributed by atoms with E-state index in [-0.39, 0.29) is 17.1 Å². The molecule has 0 unspecified atom stereocenters. The van der Waals surface area contributed by atoms with E-state index in [1.165, 1.54) is 30.3 Å². The molecule has 3 rings (SSSR count). The standard InChI is InChI=1S/C15H10FNO3.H2O/c1-2-8-5-10(18)7-12-14(8)20-15(17-12)9-3-4-13(19)11(16)6-9;/h2-7,18-19H,1H2;1H2. The summed E-state index contributed by atoms with van der Waals surface area (Å²) in [6, 6.07) is 6.81. The van der Waals surface area contributed by atoms with Crippen molar-refractivity contribution in [2.75, 3.05) is 0 Å². The second-order valence-corrected chi connectivity index (χ2v) is 4.27. The van der Waals surface area contributed by atoms with Gasteiger partial charge in [-0.3, -0.25) is 0 Å². The topological polar surface area (TPSA) is 98.0 Å². The minimum Gasteiger partial charge on any atom is -0.508 e. The van der Waals surface area contributed by atoms with Gasteiger partial charge in [0.25, 0.3) is 0 Å². The molecule has 1 aromatic heterocycles. The molecular formula is C15H12FNO4. The smallest absolute Gasteiger partial charge is 0.227 e. The lowest BCUT2D eigenvalue weighted by atomic mass is 10.2. The highest BCUT2D eigenvalue weighted by Crippen LogP contribution is 2.31. The van der Waals surface area contributed by atoms with Crippen LogP contribution in [0.3, 0.4) is 0 Å². The Hall–Kier alpha value is -2.86. The molecule has 108 valence electrons. The third-order valence-electron chi connectivity index (χ3n) is 2.92. The minimum absolute atomic E-state index is 0. The quantitative estimate of drug-likeness (QED) is 0.757. The highest BCUT2D eigenvalue weighted by Gasteiger charge is 2.13. The molecule has 0 aliphatic heterocycles. The Morgan fingerprint density at radius 2 is 1.95 bits per heavy atom. The van der Waals surface area contributed by atoms with Crippen molar-refractivity contribution in [1.29, 1.82) is 0 Å². The van der Waals surface area contributed by atoms with Gasteiger partial charge in [0, 0.05) is 17.2 Å². The molecule has 0 saturated carbocycles. The molecule has 1 heterocycles. The number of benzene rings is 2. The minimum atomic E-state index is -0.753. The Morgan fingerprint density at radius 1 is 1.19 bits per heavy atom. The zero-order valence-corrected chi connectivity index (χ0v) is 10.8. The molecule has 5 nitrogen and oxygen atoms in total. The third kappa shape index (κ3) is 2.44. The van der Waals surface area contributed by atoms with Crippen LogP contribution < -0.4 is 0 Å². The van der Waals surface area contributed by atoms with E-state index in [2.05, 4.69) is 11.6 Å². The van der Waals surface area contributed by atoms with Crippen LogP contribution in [0.2, 0.25) is 0 Å². The summed E-state index contributed by atoms with van der Waals surface area (Å²) < 4.78 is 18.9. The van der Waals surface area contributed by atoms with Crippen LogP contribution in [0.15, 0.2) is 41.3 Å². The maximum absolute atomic E-state index is 13.4. The number of nitrogens with zero attached hydrogens (tertiary/aromatic N) is 1. The molecule has 0 amide bonds. The molecule has 0 fully saturated rings. The first kappa shape index (κ1) is 14.5. The van der Waals surface area contributed by atoms with Crippen LogP contribution >= 0.6 is 0 Å². The largest absolute Gasteiger partial charge is 0.508 e. The van der Waals surface area contributed by atoms with Gasteiger partial charge in [-0.1, -0.05) is 12.7 Å². The summed E-state index contributed by atoms with van der Waals surface area (Å²) in [5, 5.41) is 18.8. The first-order chi connectivity index (χ1) is 9.58. The first-order valence-corrected chi connectivity index (χ1v) is 5.83. The SMILES string of the molecule is C=Cc1cc(O)cc2nc(-c3ccc(O)c(F)c3)oc12.O. The van der Waals surface area contributed by atoms with Gasteiger partial charge in [0.15, 0.2) is 17.1 Å². The van der Waals surface area contributed by atoms with Crippen LogP contribution in [0, 0.1) is 5.82 Å². The number of hydrogen-bond acceptors (Lipinski definition) is 4. The van der Waals surface area contributed by atoms with Crippen molar-refractivity contribution in [3.05, 3.63) is 48.3 Å².